The highest BCUT2D eigenvalue weighted by atomic mass is 28.5. The van der Waals surface area contributed by atoms with Crippen LogP contribution in [-0.4, -0.2) is 78.7 Å². The number of ether oxygens (including phenoxy) is 1. The van der Waals surface area contributed by atoms with Crippen molar-refractivity contribution >= 4 is 57.6 Å². The van der Waals surface area contributed by atoms with Gasteiger partial charge in [0, 0.05) is 25.3 Å². The molecule has 3 N–H and O–H groups in total. The molecule has 0 aliphatic heterocycles. The van der Waals surface area contributed by atoms with Crippen LogP contribution in [0.25, 0.3) is 0 Å². The molecule has 0 aromatic carbocycles. The number of carbonyl (C=O) groups is 4. The Kier molecular flexibility index (Phi) is 13.7. The van der Waals surface area contributed by atoms with E-state index >= 15 is 0 Å². The average molecular weight is 583 g/mol. The maximum Gasteiger partial charge on any atom is 0.512 e. The predicted molar refractivity (Wildman–Crippen MR) is 143 cm³/mol. The number of carboxylic acids is 3. The quantitative estimate of drug-likeness (QED) is 0.114. The second kappa shape index (κ2) is 14.3. The molecule has 0 saturated carbocycles. The van der Waals surface area contributed by atoms with Gasteiger partial charge < -0.3 is 32.4 Å². The molecule has 0 radical (unpaired) electrons. The summed E-state index contributed by atoms with van der Waals surface area (Å²) in [5, 5.41) is 27.7. The predicted octanol–water partition coefficient (Wildman–Crippen LogP) is 4.06. The highest BCUT2D eigenvalue weighted by molar-refractivity contribution is 6.91. The Balaban J connectivity index is 6.75. The van der Waals surface area contributed by atoms with E-state index in [4.69, 9.17) is 17.1 Å². The normalized spacial score (nSPS) is 13.6. The van der Waals surface area contributed by atoms with E-state index in [0.29, 0.717) is 0 Å². The van der Waals surface area contributed by atoms with Crippen molar-refractivity contribution in [3.8, 4) is 0 Å². The molecule has 0 spiro atoms. The minimum Gasteiger partial charge on any atom is -0.481 e. The molecule has 1 atom stereocenters. The number of esters is 1. The van der Waals surface area contributed by atoms with Crippen LogP contribution in [0.5, 0.6) is 0 Å². The number of aliphatic carboxylic acids is 3. The van der Waals surface area contributed by atoms with E-state index in [-0.39, 0.29) is 43.8 Å². The first-order valence-corrected chi connectivity index (χ1v) is 23.0. The Bertz CT molecular complexity index is 720. The van der Waals surface area contributed by atoms with E-state index in [1.54, 1.807) is 6.92 Å². The number of hydrogen-bond acceptors (Lipinski definition) is 8. The third kappa shape index (κ3) is 13.6. The highest BCUT2D eigenvalue weighted by Crippen LogP contribution is 2.35. The van der Waals surface area contributed by atoms with E-state index in [1.807, 2.05) is 39.3 Å². The molecule has 0 saturated heterocycles. The molecular formula is C21H42O11Si4. The SMILES string of the molecule is C=CC(=O)OC(CC)[Si](O[Si](C)(C)CCC(=O)O)(O[Si](C)(C)CCC(=O)O)O[Si](C)(C)CCC(=O)O. The summed E-state index contributed by atoms with van der Waals surface area (Å²) in [6.07, 6.45) is 0.864. The van der Waals surface area contributed by atoms with E-state index in [1.165, 1.54) is 0 Å². The van der Waals surface area contributed by atoms with Gasteiger partial charge in [-0.25, -0.2) is 4.79 Å². The first kappa shape index (κ1) is 34.4. The molecule has 0 amide bonds. The molecule has 0 heterocycles. The van der Waals surface area contributed by atoms with E-state index < -0.39 is 63.4 Å². The molecule has 0 fully saturated rings. The van der Waals surface area contributed by atoms with Crippen molar-refractivity contribution in [2.24, 2.45) is 0 Å². The summed E-state index contributed by atoms with van der Waals surface area (Å²) in [5.41, 5.74) is -0.965. The lowest BCUT2D eigenvalue weighted by Crippen LogP contribution is -2.68. The molecule has 0 aromatic rings. The number of carboxylic acid groups (broad SMARTS) is 3. The maximum absolute atomic E-state index is 12.3. The Hall–Kier alpha value is -1.63. The number of hydrogen-bond donors (Lipinski definition) is 3. The summed E-state index contributed by atoms with van der Waals surface area (Å²) in [7, 11) is -12.4. The van der Waals surface area contributed by atoms with Gasteiger partial charge in [-0.05, 0) is 63.8 Å². The van der Waals surface area contributed by atoms with Crippen LogP contribution in [0.1, 0.15) is 32.6 Å². The lowest BCUT2D eigenvalue weighted by molar-refractivity contribution is -0.142. The minimum absolute atomic E-state index is 0.132. The van der Waals surface area contributed by atoms with Gasteiger partial charge in [0.1, 0.15) is 0 Å². The molecule has 0 aromatic heterocycles. The fourth-order valence-electron chi connectivity index (χ4n) is 3.39. The largest absolute Gasteiger partial charge is 0.512 e. The lowest BCUT2D eigenvalue weighted by Gasteiger charge is -2.47. The smallest absolute Gasteiger partial charge is 0.481 e. The molecule has 0 rings (SSSR count). The van der Waals surface area contributed by atoms with Crippen LogP contribution in [0.4, 0.5) is 0 Å². The van der Waals surface area contributed by atoms with Gasteiger partial charge in [-0.2, -0.15) is 0 Å². The topological polar surface area (TPSA) is 166 Å². The summed E-state index contributed by atoms with van der Waals surface area (Å²) in [6, 6.07) is 0.720. The Labute approximate surface area is 217 Å². The van der Waals surface area contributed by atoms with Crippen LogP contribution in [0.2, 0.25) is 57.4 Å². The van der Waals surface area contributed by atoms with Crippen LogP contribution in [0.3, 0.4) is 0 Å². The average Bonchev–Trinajstić information content (AvgIpc) is 2.72. The summed E-state index contributed by atoms with van der Waals surface area (Å²) < 4.78 is 25.8. The maximum atomic E-state index is 12.3. The second-order valence-corrected chi connectivity index (χ2v) is 26.8. The Morgan fingerprint density at radius 2 is 1.03 bits per heavy atom. The van der Waals surface area contributed by atoms with Crippen molar-refractivity contribution in [2.75, 3.05) is 0 Å². The van der Waals surface area contributed by atoms with Gasteiger partial charge in [-0.1, -0.05) is 13.5 Å². The third-order valence-electron chi connectivity index (χ3n) is 5.27. The molecule has 0 aliphatic rings. The summed E-state index contributed by atoms with van der Waals surface area (Å²) in [6.45, 7) is 16.2. The van der Waals surface area contributed by atoms with Gasteiger partial charge in [0.05, 0.1) is 0 Å². The first-order valence-electron chi connectivity index (χ1n) is 11.9. The zero-order valence-electron chi connectivity index (χ0n) is 22.4. The summed E-state index contributed by atoms with van der Waals surface area (Å²) in [5.74, 6) is -3.66. The lowest BCUT2D eigenvalue weighted by atomic mass is 10.5. The summed E-state index contributed by atoms with van der Waals surface area (Å²) in [4.78, 5) is 46.1. The molecule has 15 heteroatoms. The molecule has 1 unspecified atom stereocenters. The zero-order valence-corrected chi connectivity index (χ0v) is 26.4. The molecule has 208 valence electrons. The molecule has 36 heavy (non-hydrogen) atoms. The van der Waals surface area contributed by atoms with Crippen LogP contribution >= 0.6 is 0 Å². The van der Waals surface area contributed by atoms with Gasteiger partial charge in [-0.3, -0.25) is 14.4 Å². The standard InChI is InChI=1S/C21H42O11Si4/c1-9-20(28)29-21(10-2)36(30-33(3,4)14-11-17(22)23,31-34(5,6)15-12-18(24)25)32-35(7,8)16-13-19(26)27/h9,21H,1,10-16H2,2-8H3,(H,22,23)(H,24,25)(H,26,27). The first-order chi connectivity index (χ1) is 16.3. The third-order valence-corrected chi connectivity index (χ3v) is 21.0. The van der Waals surface area contributed by atoms with E-state index in [2.05, 4.69) is 6.58 Å². The highest BCUT2D eigenvalue weighted by Gasteiger charge is 2.59. The van der Waals surface area contributed by atoms with Crippen LogP contribution < -0.4 is 0 Å². The van der Waals surface area contributed by atoms with Crippen molar-refractivity contribution in [2.45, 2.75) is 95.7 Å². The van der Waals surface area contributed by atoms with Crippen LogP contribution in [0, 0.1) is 0 Å². The van der Waals surface area contributed by atoms with Gasteiger partial charge in [0.25, 0.3) is 0 Å². The number of rotatable bonds is 19. The van der Waals surface area contributed by atoms with Crippen molar-refractivity contribution in [3.05, 3.63) is 12.7 Å². The van der Waals surface area contributed by atoms with E-state index in [0.717, 1.165) is 6.08 Å². The van der Waals surface area contributed by atoms with Crippen molar-refractivity contribution in [3.63, 3.8) is 0 Å². The van der Waals surface area contributed by atoms with Crippen LogP contribution in [0.15, 0.2) is 12.7 Å². The summed E-state index contributed by atoms with van der Waals surface area (Å²) >= 11 is 0. The second-order valence-electron chi connectivity index (χ2n) is 10.4. The van der Waals surface area contributed by atoms with Crippen molar-refractivity contribution in [1.82, 2.24) is 0 Å². The van der Waals surface area contributed by atoms with E-state index in [9.17, 15) is 34.5 Å². The van der Waals surface area contributed by atoms with Crippen molar-refractivity contribution < 1.29 is 51.6 Å². The molecule has 11 nitrogen and oxygen atoms in total. The van der Waals surface area contributed by atoms with Gasteiger partial charge >= 0.3 is 32.7 Å². The molecule has 0 bridgehead atoms. The van der Waals surface area contributed by atoms with Gasteiger partial charge in [-0.15, -0.1) is 0 Å². The Morgan fingerprint density at radius 3 is 1.25 bits per heavy atom. The zero-order chi connectivity index (χ0) is 28.4. The number of carbonyl (C=O) groups excluding carboxylic acids is 1. The molecular weight excluding hydrogens is 541 g/mol. The fraction of sp³-hybridized carbons (Fsp3) is 0.714. The van der Waals surface area contributed by atoms with Gasteiger partial charge in [0.2, 0.25) is 0 Å². The molecule has 0 aliphatic carbocycles. The van der Waals surface area contributed by atoms with Crippen LogP contribution in [-0.2, 0) is 36.3 Å². The minimum atomic E-state index is -4.01. The van der Waals surface area contributed by atoms with Crippen molar-refractivity contribution in [1.29, 1.82) is 0 Å². The monoisotopic (exact) mass is 582 g/mol. The Morgan fingerprint density at radius 1 is 0.722 bits per heavy atom. The van der Waals surface area contributed by atoms with Gasteiger partial charge in [0.15, 0.2) is 30.7 Å². The fourth-order valence-corrected chi connectivity index (χ4v) is 20.3.